The van der Waals surface area contributed by atoms with Crippen molar-refractivity contribution in [3.8, 4) is 0 Å². The number of benzene rings is 1. The number of nitrogens with zero attached hydrogens (tertiary/aromatic N) is 3. The van der Waals surface area contributed by atoms with E-state index in [1.54, 1.807) is 0 Å². The number of ether oxygens (including phenoxy) is 1. The number of ketones is 1. The SMILES string of the molecule is CCCCOC(=O)C(CN=NC)C(=O)c1c(F)c(C)c(F)c(F)c1[N+](=O)[O-]. The van der Waals surface area contributed by atoms with Crippen LogP contribution < -0.4 is 0 Å². The van der Waals surface area contributed by atoms with Crippen LogP contribution in [-0.2, 0) is 9.53 Å². The number of carbonyl (C=O) groups is 2. The van der Waals surface area contributed by atoms with Crippen molar-refractivity contribution in [3.63, 3.8) is 0 Å². The summed E-state index contributed by atoms with van der Waals surface area (Å²) in [5.41, 5.74) is -3.93. The molecule has 0 aliphatic carbocycles. The van der Waals surface area contributed by atoms with Crippen LogP contribution in [0.15, 0.2) is 10.2 Å². The summed E-state index contributed by atoms with van der Waals surface area (Å²) < 4.78 is 47.0. The van der Waals surface area contributed by atoms with E-state index in [1.807, 2.05) is 6.92 Å². The van der Waals surface area contributed by atoms with Gasteiger partial charge in [0.2, 0.25) is 5.82 Å². The molecule has 0 saturated carbocycles. The molecule has 11 heteroatoms. The summed E-state index contributed by atoms with van der Waals surface area (Å²) >= 11 is 0. The molecule has 0 aromatic heterocycles. The van der Waals surface area contributed by atoms with Crippen molar-refractivity contribution < 1.29 is 32.4 Å². The topological polar surface area (TPSA) is 111 Å². The lowest BCUT2D eigenvalue weighted by Gasteiger charge is -2.15. The Morgan fingerprint density at radius 3 is 2.37 bits per heavy atom. The van der Waals surface area contributed by atoms with E-state index in [0.29, 0.717) is 12.8 Å². The van der Waals surface area contributed by atoms with Gasteiger partial charge in [-0.05, 0) is 13.3 Å². The van der Waals surface area contributed by atoms with E-state index in [0.717, 1.165) is 6.92 Å². The molecule has 0 amide bonds. The highest BCUT2D eigenvalue weighted by atomic mass is 19.2. The molecule has 0 aliphatic heterocycles. The molecule has 0 spiro atoms. The Hall–Kier alpha value is -2.85. The molecule has 0 saturated heterocycles. The Morgan fingerprint density at radius 2 is 1.85 bits per heavy atom. The fourth-order valence-corrected chi connectivity index (χ4v) is 2.18. The monoisotopic (exact) mass is 389 g/mol. The van der Waals surface area contributed by atoms with Gasteiger partial charge < -0.3 is 4.74 Å². The summed E-state index contributed by atoms with van der Waals surface area (Å²) in [6.45, 7) is 2.01. The second kappa shape index (κ2) is 9.74. The molecule has 148 valence electrons. The molecule has 8 nitrogen and oxygen atoms in total. The first kappa shape index (κ1) is 22.2. The number of hydrogen-bond acceptors (Lipinski definition) is 7. The Morgan fingerprint density at radius 1 is 1.22 bits per heavy atom. The quantitative estimate of drug-likeness (QED) is 0.0937. The fraction of sp³-hybridized carbons (Fsp3) is 0.500. The molecule has 0 fully saturated rings. The van der Waals surface area contributed by atoms with E-state index < -0.39 is 63.4 Å². The maximum atomic E-state index is 14.4. The molecule has 27 heavy (non-hydrogen) atoms. The minimum absolute atomic E-state index is 0.0379. The molecule has 0 N–H and O–H groups in total. The van der Waals surface area contributed by atoms with Crippen molar-refractivity contribution >= 4 is 17.4 Å². The van der Waals surface area contributed by atoms with Crippen LogP contribution in [0, 0.1) is 40.4 Å². The van der Waals surface area contributed by atoms with Crippen LogP contribution in [0.4, 0.5) is 18.9 Å². The lowest BCUT2D eigenvalue weighted by atomic mass is 9.94. The van der Waals surface area contributed by atoms with Gasteiger partial charge in [-0.3, -0.25) is 19.7 Å². The molecule has 1 rings (SSSR count). The number of carbonyl (C=O) groups excluding carboxylic acids is 2. The number of unbranched alkanes of at least 4 members (excludes halogenated alkanes) is 1. The average molecular weight is 389 g/mol. The largest absolute Gasteiger partial charge is 0.465 e. The summed E-state index contributed by atoms with van der Waals surface area (Å²) in [6.07, 6.45) is 1.17. The van der Waals surface area contributed by atoms with Gasteiger partial charge in [-0.2, -0.15) is 14.6 Å². The molecular formula is C16H18F3N3O5. The standard InChI is InChI=1S/C16H18F3N3O5/c1-4-5-6-27-16(24)9(7-21-20-3)15(23)10-11(17)8(2)12(18)13(19)14(10)22(25)26/h9H,4-7H2,1-3H3. The van der Waals surface area contributed by atoms with Gasteiger partial charge in [0, 0.05) is 12.6 Å². The van der Waals surface area contributed by atoms with Crippen molar-refractivity contribution in [1.29, 1.82) is 0 Å². The first-order valence-electron chi connectivity index (χ1n) is 7.96. The van der Waals surface area contributed by atoms with Crippen molar-refractivity contribution in [3.05, 3.63) is 38.7 Å². The number of halogens is 3. The van der Waals surface area contributed by atoms with Crippen LogP contribution in [0.3, 0.4) is 0 Å². The van der Waals surface area contributed by atoms with E-state index in [2.05, 4.69) is 10.2 Å². The van der Waals surface area contributed by atoms with Gasteiger partial charge in [0.1, 0.15) is 17.3 Å². The molecule has 1 aromatic carbocycles. The second-order valence-electron chi connectivity index (χ2n) is 5.51. The molecular weight excluding hydrogens is 371 g/mol. The predicted molar refractivity (Wildman–Crippen MR) is 87.0 cm³/mol. The summed E-state index contributed by atoms with van der Waals surface area (Å²) in [4.78, 5) is 34.5. The van der Waals surface area contributed by atoms with Crippen LogP contribution in [0.1, 0.15) is 35.7 Å². The smallest absolute Gasteiger partial charge is 0.321 e. The zero-order chi connectivity index (χ0) is 20.7. The van der Waals surface area contributed by atoms with Crippen molar-refractivity contribution in [2.75, 3.05) is 20.2 Å². The zero-order valence-electron chi connectivity index (χ0n) is 14.9. The number of nitro groups is 1. The number of azo groups is 1. The van der Waals surface area contributed by atoms with Gasteiger partial charge in [-0.25, -0.2) is 8.78 Å². The predicted octanol–water partition coefficient (Wildman–Crippen LogP) is 3.54. The minimum atomic E-state index is -1.99. The van der Waals surface area contributed by atoms with Crippen LogP contribution in [0.2, 0.25) is 0 Å². The molecule has 1 aromatic rings. The Bertz CT molecular complexity index is 783. The molecule has 0 aliphatic rings. The highest BCUT2D eigenvalue weighted by Gasteiger charge is 2.40. The number of rotatable bonds is 9. The van der Waals surface area contributed by atoms with E-state index in [4.69, 9.17) is 4.74 Å². The highest BCUT2D eigenvalue weighted by Crippen LogP contribution is 2.32. The number of Topliss-reactive ketones (excluding diaryl/α,β-unsaturated/α-hetero) is 1. The highest BCUT2D eigenvalue weighted by molar-refractivity contribution is 6.11. The lowest BCUT2D eigenvalue weighted by molar-refractivity contribution is -0.388. The third-order valence-corrected chi connectivity index (χ3v) is 3.69. The van der Waals surface area contributed by atoms with Crippen molar-refractivity contribution in [2.24, 2.45) is 16.1 Å². The van der Waals surface area contributed by atoms with Gasteiger partial charge in [0.25, 0.3) is 0 Å². The summed E-state index contributed by atoms with van der Waals surface area (Å²) in [5.74, 6) is -9.73. The van der Waals surface area contributed by atoms with Crippen LogP contribution in [0.25, 0.3) is 0 Å². The Kier molecular flexibility index (Phi) is 8.00. The molecule has 1 unspecified atom stereocenters. The van der Waals surface area contributed by atoms with Crippen molar-refractivity contribution in [2.45, 2.75) is 26.7 Å². The molecule has 0 bridgehead atoms. The van der Waals surface area contributed by atoms with E-state index in [9.17, 15) is 32.9 Å². The number of nitro benzene ring substituents is 1. The summed E-state index contributed by atoms with van der Waals surface area (Å²) in [5, 5.41) is 17.9. The minimum Gasteiger partial charge on any atom is -0.465 e. The normalized spacial score (nSPS) is 12.2. The first-order valence-corrected chi connectivity index (χ1v) is 7.96. The Balaban J connectivity index is 3.48. The van der Waals surface area contributed by atoms with Crippen molar-refractivity contribution in [1.82, 2.24) is 0 Å². The fourth-order valence-electron chi connectivity index (χ4n) is 2.18. The van der Waals surface area contributed by atoms with Gasteiger partial charge in [-0.15, -0.1) is 0 Å². The second-order valence-corrected chi connectivity index (χ2v) is 5.51. The van der Waals surface area contributed by atoms with Crippen LogP contribution in [-0.4, -0.2) is 36.9 Å². The van der Waals surface area contributed by atoms with Gasteiger partial charge in [0.05, 0.1) is 18.1 Å². The maximum absolute atomic E-state index is 14.4. The summed E-state index contributed by atoms with van der Waals surface area (Å²) in [7, 11) is 1.24. The van der Waals surface area contributed by atoms with Crippen LogP contribution in [0.5, 0.6) is 0 Å². The third-order valence-electron chi connectivity index (χ3n) is 3.69. The first-order chi connectivity index (χ1) is 12.7. The third kappa shape index (κ3) is 4.86. The van der Waals surface area contributed by atoms with Gasteiger partial charge in [-0.1, -0.05) is 13.3 Å². The lowest BCUT2D eigenvalue weighted by Crippen LogP contribution is -2.31. The Labute approximate surface area is 152 Å². The summed E-state index contributed by atoms with van der Waals surface area (Å²) in [6, 6.07) is 0. The molecule has 0 heterocycles. The molecule has 0 radical (unpaired) electrons. The average Bonchev–Trinajstić information content (AvgIpc) is 2.62. The van der Waals surface area contributed by atoms with Crippen LogP contribution >= 0.6 is 0 Å². The van der Waals surface area contributed by atoms with E-state index in [1.165, 1.54) is 7.05 Å². The van der Waals surface area contributed by atoms with E-state index >= 15 is 0 Å². The van der Waals surface area contributed by atoms with Gasteiger partial charge in [0.15, 0.2) is 11.6 Å². The van der Waals surface area contributed by atoms with Gasteiger partial charge >= 0.3 is 11.7 Å². The maximum Gasteiger partial charge on any atom is 0.321 e. The zero-order valence-corrected chi connectivity index (χ0v) is 14.9. The van der Waals surface area contributed by atoms with E-state index in [-0.39, 0.29) is 6.61 Å². The number of esters is 1. The number of hydrogen-bond donors (Lipinski definition) is 0. The molecule has 1 atom stereocenters.